The molecule has 29 nitrogen and oxygen atoms in total. The zero-order valence-electron chi connectivity index (χ0n) is 77.3. The molecule has 12 rings (SSSR count). The molecule has 0 aliphatic rings. The lowest BCUT2D eigenvalue weighted by Crippen LogP contribution is -2.16. The Morgan fingerprint density at radius 2 is 0.590 bits per heavy atom. The van der Waals surface area contributed by atoms with Gasteiger partial charge in [0.25, 0.3) is 11.8 Å². The number of Topliss-reactive ketones (excluding diaryl/α,β-unsaturated/α-hetero) is 7. The molecule has 0 aliphatic carbocycles. The number of carbonyl (C=O) groups excluding carboxylic acids is 9. The van der Waals surface area contributed by atoms with E-state index in [0.29, 0.717) is 30.8 Å². The van der Waals surface area contributed by atoms with Crippen LogP contribution in [0.2, 0.25) is 0 Å². The van der Waals surface area contributed by atoms with Crippen molar-refractivity contribution >= 4 is 99.5 Å². The van der Waals surface area contributed by atoms with Gasteiger partial charge in [0.15, 0.2) is 34.7 Å². The molecule has 2 amide bonds. The SMILES string of the molecule is CC(=O)COc1ccc(NC(=O)c2ccccc2C(=O)O)cc1C#N.CC(=O)COc1ccc(NC(=O)c2ccccc2C(=O)O)cc1C#N.CC(=O)Cc1ccc(CC(=O)c2ccccc2C(=O)O)cc1.CC(O)Cc1ccc(CC(=O)c2ccccc2C(=O)O)cc1.CCC(C)(C)c1ccc(CC(=O)c2ccccc2C(=O)O)cc1.COCCc1ccc(CC(=O)c2ccccc2C(=O)O)cc1. The molecule has 0 bridgehead atoms. The number of methoxy groups -OCH3 is 1. The highest BCUT2D eigenvalue weighted by Crippen LogP contribution is 2.30. The number of rotatable bonds is 37. The molecule has 12 aromatic rings. The maximum absolute atomic E-state index is 12.4. The number of aliphatic hydroxyl groups excluding tert-OH is 1. The minimum atomic E-state index is -1.21. The Morgan fingerprint density at radius 3 is 0.842 bits per heavy atom. The second-order valence-corrected chi connectivity index (χ2v) is 32.1. The van der Waals surface area contributed by atoms with Crippen molar-refractivity contribution in [3.8, 4) is 23.6 Å². The van der Waals surface area contributed by atoms with Crippen molar-refractivity contribution in [1.29, 1.82) is 10.5 Å². The number of carboxylic acids is 6. The molecule has 0 saturated heterocycles. The van der Waals surface area contributed by atoms with E-state index in [1.807, 2.05) is 84.9 Å². The van der Waals surface area contributed by atoms with Crippen LogP contribution in [0.5, 0.6) is 11.5 Å². The lowest BCUT2D eigenvalue weighted by Gasteiger charge is -2.23. The van der Waals surface area contributed by atoms with Crippen LogP contribution in [-0.2, 0) is 69.5 Å². The van der Waals surface area contributed by atoms with Crippen molar-refractivity contribution in [2.24, 2.45) is 0 Å². The number of ketones is 7. The van der Waals surface area contributed by atoms with E-state index >= 15 is 0 Å². The summed E-state index contributed by atoms with van der Waals surface area (Å²) in [6.45, 7) is 12.8. The largest absolute Gasteiger partial charge is 0.484 e. The van der Waals surface area contributed by atoms with Gasteiger partial charge in [-0.05, 0) is 182 Å². The summed E-state index contributed by atoms with van der Waals surface area (Å²) < 4.78 is 15.5. The van der Waals surface area contributed by atoms with Crippen LogP contribution in [0, 0.1) is 22.7 Å². The van der Waals surface area contributed by atoms with Crippen LogP contribution >= 0.6 is 0 Å². The minimum absolute atomic E-state index is 0.00501. The molecule has 29 heteroatoms. The Hall–Kier alpha value is -17.4. The highest BCUT2D eigenvalue weighted by Gasteiger charge is 2.25. The highest BCUT2D eigenvalue weighted by molar-refractivity contribution is 6.13. The van der Waals surface area contributed by atoms with Crippen molar-refractivity contribution in [1.82, 2.24) is 0 Å². The van der Waals surface area contributed by atoms with Gasteiger partial charge in [-0.1, -0.05) is 215 Å². The Kier molecular flexibility index (Phi) is 42.3. The standard InChI is InChI=1S/C20H22O3.2C18H14N2O5.C18H18O4.C18H16O4.C18H18O4/c1-4-20(2,3)15-11-9-14(10-12-15)13-18(21)16-7-5-6-8-17(16)19(22)23;2*1-11(21)10-25-16-7-6-13(8-12(16)9-19)20-17(22)14-4-2-3-5-15(14)18(23)24;2*1-12(19)10-13-6-8-14(9-7-13)11-17(20)15-4-2-3-5-16(15)18(21)22;1-22-11-10-13-6-8-14(9-7-13)12-17(19)15-4-2-3-5-16(15)18(20)21/h5-12H,4,13H2,1-3H3,(H,22,23);2*2-8H,10H2,1H3,(H,20,22)(H,23,24);2-9,12,19H,10-11H2,1H3,(H,21,22);2-9H,10-11H2,1H3,(H,21,22);2-9H,10-12H2,1H3,(H,20,21). The minimum Gasteiger partial charge on any atom is -0.484 e. The van der Waals surface area contributed by atoms with Crippen LogP contribution in [0.4, 0.5) is 11.4 Å². The lowest BCUT2D eigenvalue weighted by atomic mass is 9.82. The number of aromatic carboxylic acids is 6. The quantitative estimate of drug-likeness (QED) is 0.0163. The summed E-state index contributed by atoms with van der Waals surface area (Å²) in [4.78, 5) is 174. The predicted molar refractivity (Wildman–Crippen MR) is 518 cm³/mol. The van der Waals surface area contributed by atoms with Gasteiger partial charge in [-0.3, -0.25) is 43.2 Å². The van der Waals surface area contributed by atoms with E-state index in [2.05, 4.69) is 43.5 Å². The van der Waals surface area contributed by atoms with Crippen LogP contribution in [0.15, 0.2) is 279 Å². The number of hydrogen-bond donors (Lipinski definition) is 9. The molecule has 0 radical (unpaired) electrons. The van der Waals surface area contributed by atoms with Gasteiger partial charge >= 0.3 is 35.8 Å². The summed E-state index contributed by atoms with van der Waals surface area (Å²) >= 11 is 0. The van der Waals surface area contributed by atoms with Gasteiger partial charge in [0, 0.05) is 72.8 Å². The molecule has 0 heterocycles. The Labute approximate surface area is 801 Å². The molecule has 139 heavy (non-hydrogen) atoms. The molecule has 1 unspecified atom stereocenters. The molecule has 9 N–H and O–H groups in total. The monoisotopic (exact) mass is 1880 g/mol. The second-order valence-electron chi connectivity index (χ2n) is 32.1. The van der Waals surface area contributed by atoms with Crippen LogP contribution in [0.25, 0.3) is 0 Å². The summed E-state index contributed by atoms with van der Waals surface area (Å²) in [7, 11) is 1.66. The van der Waals surface area contributed by atoms with E-state index < -0.39 is 53.7 Å². The first-order valence-corrected chi connectivity index (χ1v) is 43.3. The van der Waals surface area contributed by atoms with E-state index in [0.717, 1.165) is 51.8 Å². The van der Waals surface area contributed by atoms with Crippen molar-refractivity contribution in [2.75, 3.05) is 37.6 Å². The van der Waals surface area contributed by atoms with Crippen molar-refractivity contribution in [3.63, 3.8) is 0 Å². The third kappa shape index (κ3) is 34.5. The number of anilines is 2. The number of benzene rings is 12. The molecule has 0 fully saturated rings. The van der Waals surface area contributed by atoms with E-state index in [9.17, 15) is 92.7 Å². The van der Waals surface area contributed by atoms with Crippen LogP contribution in [0.3, 0.4) is 0 Å². The number of hydrogen-bond acceptors (Lipinski definition) is 21. The van der Waals surface area contributed by atoms with E-state index in [1.165, 1.54) is 136 Å². The van der Waals surface area contributed by atoms with Gasteiger partial charge in [0.2, 0.25) is 0 Å². The fourth-order valence-corrected chi connectivity index (χ4v) is 13.4. The smallest absolute Gasteiger partial charge is 0.336 e. The molecule has 0 spiro atoms. The molecule has 1 atom stereocenters. The Morgan fingerprint density at radius 1 is 0.338 bits per heavy atom. The second kappa shape index (κ2) is 54.1. The molecule has 0 aromatic heterocycles. The van der Waals surface area contributed by atoms with Crippen molar-refractivity contribution in [2.45, 2.75) is 111 Å². The first-order chi connectivity index (χ1) is 66.2. The molecular formula is C110H102N4O25. The highest BCUT2D eigenvalue weighted by atomic mass is 16.5. The van der Waals surface area contributed by atoms with Gasteiger partial charge in [0.05, 0.1) is 68.3 Å². The maximum Gasteiger partial charge on any atom is 0.336 e. The number of carboxylic acid groups (broad SMARTS) is 6. The van der Waals surface area contributed by atoms with Crippen LogP contribution in [-0.4, -0.2) is 157 Å². The molecule has 12 aromatic carbocycles. The van der Waals surface area contributed by atoms with Gasteiger partial charge < -0.3 is 60.6 Å². The predicted octanol–water partition coefficient (Wildman–Crippen LogP) is 18.1. The summed E-state index contributed by atoms with van der Waals surface area (Å²) in [5.41, 5.74) is 9.50. The topological polar surface area (TPSA) is 497 Å². The zero-order chi connectivity index (χ0) is 102. The first kappa shape index (κ1) is 109. The number of ether oxygens (including phenoxy) is 3. The summed E-state index contributed by atoms with van der Waals surface area (Å²) in [6, 6.07) is 79.5. The average Bonchev–Trinajstić information content (AvgIpc) is 0.848. The third-order valence-electron chi connectivity index (χ3n) is 20.9. The molecular weight excluding hydrogens is 1780 g/mol. The van der Waals surface area contributed by atoms with E-state index in [-0.39, 0.29) is 174 Å². The fourth-order valence-electron chi connectivity index (χ4n) is 13.4. The number of nitrogens with one attached hydrogen (secondary N) is 2. The summed E-state index contributed by atoms with van der Waals surface area (Å²) in [5.74, 6) is -8.69. The third-order valence-corrected chi connectivity index (χ3v) is 20.9. The lowest BCUT2D eigenvalue weighted by molar-refractivity contribution is -0.119. The zero-order valence-corrected chi connectivity index (χ0v) is 77.3. The van der Waals surface area contributed by atoms with Crippen LogP contribution in [0.1, 0.15) is 235 Å². The van der Waals surface area contributed by atoms with Gasteiger partial charge in [-0.15, -0.1) is 0 Å². The summed E-state index contributed by atoms with van der Waals surface area (Å²) in [5, 5.41) is 87.6. The first-order valence-electron chi connectivity index (χ1n) is 43.3. The van der Waals surface area contributed by atoms with E-state index in [4.69, 9.17) is 39.7 Å². The molecule has 0 aliphatic heterocycles. The van der Waals surface area contributed by atoms with Gasteiger partial charge in [-0.25, -0.2) is 28.8 Å². The number of nitriles is 2. The summed E-state index contributed by atoms with van der Waals surface area (Å²) in [6.07, 6.45) is 3.07. The van der Waals surface area contributed by atoms with Crippen LogP contribution < -0.4 is 20.1 Å². The van der Waals surface area contributed by atoms with Gasteiger partial charge in [-0.2, -0.15) is 10.5 Å². The normalized spacial score (nSPS) is 10.5. The number of amides is 2. The van der Waals surface area contributed by atoms with Gasteiger partial charge in [0.1, 0.15) is 42.6 Å². The molecule has 712 valence electrons. The maximum atomic E-state index is 12.4. The number of nitrogens with zero attached hydrogens (tertiary/aromatic N) is 2. The van der Waals surface area contributed by atoms with Crippen molar-refractivity contribution in [3.05, 3.63) is 401 Å². The Balaban J connectivity index is 0.000000227. The average molecular weight is 1880 g/mol. The Bertz CT molecular complexity index is 6420. The van der Waals surface area contributed by atoms with Crippen molar-refractivity contribution < 1.29 is 122 Å². The van der Waals surface area contributed by atoms with E-state index in [1.54, 1.807) is 99.0 Å². The molecule has 0 saturated carbocycles. The number of aliphatic hydroxyl groups is 1. The number of carbonyl (C=O) groups is 15. The fraction of sp³-hybridized carbons (Fsp3) is 0.191.